The monoisotopic (exact) mass is 271 g/mol. The van der Waals surface area contributed by atoms with Gasteiger partial charge < -0.3 is 9.72 Å². The number of hydrogen-bond acceptors (Lipinski definition) is 3. The van der Waals surface area contributed by atoms with Gasteiger partial charge in [-0.15, -0.1) is 0 Å². The van der Waals surface area contributed by atoms with E-state index in [1.165, 1.54) is 19.2 Å². The number of esters is 1. The fourth-order valence-corrected chi connectivity index (χ4v) is 1.85. The third-order valence-electron chi connectivity index (χ3n) is 2.30. The van der Waals surface area contributed by atoms with Gasteiger partial charge in [-0.1, -0.05) is 23.2 Å². The molecule has 1 N–H and O–H groups in total. The number of halogens is 2. The lowest BCUT2D eigenvalue weighted by atomic mass is 10.2. The summed E-state index contributed by atoms with van der Waals surface area (Å²) in [7, 11) is 1.23. The van der Waals surface area contributed by atoms with E-state index in [9.17, 15) is 9.59 Å². The molecule has 2 aromatic rings. The molecule has 0 fully saturated rings. The molecule has 0 amide bonds. The Bertz CT molecular complexity index is 664. The van der Waals surface area contributed by atoms with Gasteiger partial charge in [0.25, 0.3) is 0 Å². The van der Waals surface area contributed by atoms with Crippen molar-refractivity contribution >= 4 is 40.1 Å². The number of hydrogen-bond donors (Lipinski definition) is 1. The summed E-state index contributed by atoms with van der Waals surface area (Å²) in [6, 6.07) is 4.24. The third-order valence-corrected chi connectivity index (χ3v) is 3.10. The molecule has 0 unspecified atom stereocenters. The van der Waals surface area contributed by atoms with E-state index >= 15 is 0 Å². The number of H-pyrrole nitrogens is 1. The van der Waals surface area contributed by atoms with Crippen LogP contribution in [0, 0.1) is 0 Å². The Labute approximate surface area is 106 Å². The van der Waals surface area contributed by atoms with Crippen LogP contribution in [0.3, 0.4) is 0 Å². The maximum atomic E-state index is 11.8. The quantitative estimate of drug-likeness (QED) is 0.812. The van der Waals surface area contributed by atoms with Crippen LogP contribution in [-0.2, 0) is 4.74 Å². The van der Waals surface area contributed by atoms with Crippen molar-refractivity contribution in [1.29, 1.82) is 0 Å². The van der Waals surface area contributed by atoms with Crippen molar-refractivity contribution in [2.45, 2.75) is 0 Å². The van der Waals surface area contributed by atoms with E-state index in [1.807, 2.05) is 0 Å². The standard InChI is InChI=1S/C11H7Cl2NO3/c1-17-11(16)7-4-8(15)5-2-3-6(12)9(13)10(5)14-7/h2-4H,1H3,(H,14,15). The number of pyridine rings is 1. The maximum Gasteiger partial charge on any atom is 0.354 e. The van der Waals surface area contributed by atoms with E-state index < -0.39 is 5.97 Å². The van der Waals surface area contributed by atoms with Crippen molar-refractivity contribution in [3.05, 3.63) is 44.2 Å². The fraction of sp³-hybridized carbons (Fsp3) is 0.0909. The number of carbonyl (C=O) groups is 1. The van der Waals surface area contributed by atoms with Gasteiger partial charge in [0.1, 0.15) is 5.69 Å². The van der Waals surface area contributed by atoms with E-state index in [0.717, 1.165) is 0 Å². The first-order valence-corrected chi connectivity index (χ1v) is 5.39. The van der Waals surface area contributed by atoms with Gasteiger partial charge in [-0.3, -0.25) is 4.79 Å². The van der Waals surface area contributed by atoms with Crippen LogP contribution in [0.2, 0.25) is 10.0 Å². The minimum Gasteiger partial charge on any atom is -0.464 e. The normalized spacial score (nSPS) is 10.5. The summed E-state index contributed by atoms with van der Waals surface area (Å²) in [4.78, 5) is 25.8. The first kappa shape index (κ1) is 12.0. The molecule has 0 atom stereocenters. The number of aromatic amines is 1. The molecular weight excluding hydrogens is 265 g/mol. The van der Waals surface area contributed by atoms with E-state index in [1.54, 1.807) is 6.07 Å². The lowest BCUT2D eigenvalue weighted by Gasteiger charge is -2.05. The molecular formula is C11H7Cl2NO3. The second kappa shape index (κ2) is 4.39. The Morgan fingerprint density at radius 2 is 2.06 bits per heavy atom. The average molecular weight is 272 g/mol. The van der Waals surface area contributed by atoms with Gasteiger partial charge in [-0.2, -0.15) is 0 Å². The van der Waals surface area contributed by atoms with E-state index in [0.29, 0.717) is 15.9 Å². The molecule has 0 radical (unpaired) electrons. The smallest absolute Gasteiger partial charge is 0.354 e. The van der Waals surface area contributed by atoms with Crippen LogP contribution in [0.15, 0.2) is 23.0 Å². The zero-order chi connectivity index (χ0) is 12.6. The van der Waals surface area contributed by atoms with Crippen LogP contribution in [0.4, 0.5) is 0 Å². The lowest BCUT2D eigenvalue weighted by Crippen LogP contribution is -2.11. The molecule has 88 valence electrons. The van der Waals surface area contributed by atoms with Crippen molar-refractivity contribution in [3.8, 4) is 0 Å². The van der Waals surface area contributed by atoms with E-state index in [-0.39, 0.29) is 16.1 Å². The largest absolute Gasteiger partial charge is 0.464 e. The molecule has 17 heavy (non-hydrogen) atoms. The Balaban J connectivity index is 2.84. The van der Waals surface area contributed by atoms with Crippen LogP contribution >= 0.6 is 23.2 Å². The summed E-state index contributed by atoms with van der Waals surface area (Å²) in [5, 5.41) is 0.871. The second-order valence-electron chi connectivity index (χ2n) is 3.32. The number of carbonyl (C=O) groups excluding carboxylic acids is 1. The number of aromatic nitrogens is 1. The third kappa shape index (κ3) is 2.01. The van der Waals surface area contributed by atoms with Gasteiger partial charge in [-0.05, 0) is 12.1 Å². The molecule has 0 spiro atoms. The molecule has 0 saturated carbocycles. The zero-order valence-corrected chi connectivity index (χ0v) is 10.2. The lowest BCUT2D eigenvalue weighted by molar-refractivity contribution is 0.0594. The highest BCUT2D eigenvalue weighted by molar-refractivity contribution is 6.45. The first-order valence-electron chi connectivity index (χ1n) is 4.64. The van der Waals surface area contributed by atoms with Gasteiger partial charge in [-0.25, -0.2) is 4.79 Å². The van der Waals surface area contributed by atoms with Gasteiger partial charge in [0.2, 0.25) is 0 Å². The summed E-state index contributed by atoms with van der Waals surface area (Å²) in [6.07, 6.45) is 0. The van der Waals surface area contributed by atoms with Crippen molar-refractivity contribution in [2.24, 2.45) is 0 Å². The molecule has 0 aliphatic heterocycles. The molecule has 0 bridgehead atoms. The average Bonchev–Trinajstić information content (AvgIpc) is 2.33. The number of nitrogens with one attached hydrogen (secondary N) is 1. The van der Waals surface area contributed by atoms with Gasteiger partial charge in [0.05, 0.1) is 22.7 Å². The molecule has 0 aliphatic rings. The molecule has 1 aromatic heterocycles. The summed E-state index contributed by atoms with van der Waals surface area (Å²) >= 11 is 11.8. The Kier molecular flexibility index (Phi) is 3.09. The van der Waals surface area contributed by atoms with E-state index in [2.05, 4.69) is 9.72 Å². The number of methoxy groups -OCH3 is 1. The Hall–Kier alpha value is -1.52. The van der Waals surface area contributed by atoms with Crippen LogP contribution in [0.1, 0.15) is 10.5 Å². The van der Waals surface area contributed by atoms with Gasteiger partial charge >= 0.3 is 5.97 Å². The van der Waals surface area contributed by atoms with Crippen molar-refractivity contribution in [1.82, 2.24) is 4.98 Å². The summed E-state index contributed by atoms with van der Waals surface area (Å²) in [6.45, 7) is 0. The molecule has 6 heteroatoms. The van der Waals surface area contributed by atoms with Crippen LogP contribution in [0.25, 0.3) is 10.9 Å². The van der Waals surface area contributed by atoms with E-state index in [4.69, 9.17) is 23.2 Å². The van der Waals surface area contributed by atoms with Crippen molar-refractivity contribution < 1.29 is 9.53 Å². The fourth-order valence-electron chi connectivity index (χ4n) is 1.48. The zero-order valence-electron chi connectivity index (χ0n) is 8.71. The SMILES string of the molecule is COC(=O)c1cc(=O)c2ccc(Cl)c(Cl)c2[nH]1. The highest BCUT2D eigenvalue weighted by Gasteiger charge is 2.12. The van der Waals surface area contributed by atoms with Crippen molar-refractivity contribution in [2.75, 3.05) is 7.11 Å². The molecule has 1 heterocycles. The highest BCUT2D eigenvalue weighted by atomic mass is 35.5. The molecule has 0 saturated heterocycles. The van der Waals surface area contributed by atoms with Crippen LogP contribution in [0.5, 0.6) is 0 Å². The Morgan fingerprint density at radius 1 is 1.35 bits per heavy atom. The molecule has 0 aliphatic carbocycles. The van der Waals surface area contributed by atoms with Crippen LogP contribution < -0.4 is 5.43 Å². The molecule has 2 rings (SSSR count). The predicted molar refractivity (Wildman–Crippen MR) is 65.9 cm³/mol. The Morgan fingerprint density at radius 3 is 2.71 bits per heavy atom. The topological polar surface area (TPSA) is 59.2 Å². The molecule has 4 nitrogen and oxygen atoms in total. The summed E-state index contributed by atoms with van der Waals surface area (Å²) in [5.41, 5.74) is 0.0407. The number of benzene rings is 1. The first-order chi connectivity index (χ1) is 8.04. The minimum atomic E-state index is -0.639. The number of rotatable bonds is 1. The van der Waals surface area contributed by atoms with Crippen molar-refractivity contribution in [3.63, 3.8) is 0 Å². The van der Waals surface area contributed by atoms with Crippen LogP contribution in [-0.4, -0.2) is 18.1 Å². The minimum absolute atomic E-state index is 0.0363. The summed E-state index contributed by atoms with van der Waals surface area (Å²) < 4.78 is 4.53. The van der Waals surface area contributed by atoms with Gasteiger partial charge in [0, 0.05) is 11.5 Å². The molecule has 1 aromatic carbocycles. The summed E-state index contributed by atoms with van der Waals surface area (Å²) in [5.74, 6) is -0.639. The highest BCUT2D eigenvalue weighted by Crippen LogP contribution is 2.28. The number of fused-ring (bicyclic) bond motifs is 1. The van der Waals surface area contributed by atoms with Gasteiger partial charge in [0.15, 0.2) is 5.43 Å². The number of ether oxygens (including phenoxy) is 1. The second-order valence-corrected chi connectivity index (χ2v) is 4.11. The predicted octanol–water partition coefficient (Wildman–Crippen LogP) is 2.62. The maximum absolute atomic E-state index is 11.8.